The SMILES string of the molecule is Cc1c(-c2ccc(C#N)cc2)c(C)c(-c2c(C)c(-c3ccc(C#N)cc3)c(C)c(-c3ccc(C#N)cc3)c2C)c(C)c1-c1ccc(C#N)cc1. The average Bonchev–Trinajstić information content (AvgIpc) is 3.14. The number of nitrogens with zero attached hydrogens (tertiary/aromatic N) is 4. The average molecular weight is 643 g/mol. The zero-order valence-corrected chi connectivity index (χ0v) is 29.0. The number of rotatable bonds is 5. The quantitative estimate of drug-likeness (QED) is 0.187. The summed E-state index contributed by atoms with van der Waals surface area (Å²) in [5, 5.41) is 38.2. The first-order chi connectivity index (χ1) is 24.1. The maximum atomic E-state index is 9.55. The Morgan fingerprint density at radius 3 is 0.580 bits per heavy atom. The molecular formula is C46H34N4. The summed E-state index contributed by atoms with van der Waals surface area (Å²) in [5.74, 6) is 0. The van der Waals surface area contributed by atoms with Gasteiger partial charge in [-0.15, -0.1) is 0 Å². The number of hydrogen-bond donors (Lipinski definition) is 0. The molecule has 0 bridgehead atoms. The Balaban J connectivity index is 1.78. The van der Waals surface area contributed by atoms with Gasteiger partial charge in [0.2, 0.25) is 0 Å². The Morgan fingerprint density at radius 1 is 0.260 bits per heavy atom. The molecule has 0 aliphatic heterocycles. The first-order valence-electron chi connectivity index (χ1n) is 16.4. The highest BCUT2D eigenvalue weighted by Gasteiger charge is 2.26. The smallest absolute Gasteiger partial charge is 0.0991 e. The molecule has 238 valence electrons. The molecule has 0 saturated heterocycles. The van der Waals surface area contributed by atoms with E-state index in [0.717, 1.165) is 89.0 Å². The molecule has 0 aliphatic rings. The van der Waals surface area contributed by atoms with Crippen LogP contribution in [0.5, 0.6) is 0 Å². The van der Waals surface area contributed by atoms with Crippen molar-refractivity contribution in [1.82, 2.24) is 0 Å². The molecule has 0 amide bonds. The van der Waals surface area contributed by atoms with Gasteiger partial charge in [0, 0.05) is 0 Å². The molecular weight excluding hydrogens is 609 g/mol. The lowest BCUT2D eigenvalue weighted by atomic mass is 9.75. The summed E-state index contributed by atoms with van der Waals surface area (Å²) in [6.07, 6.45) is 0. The Morgan fingerprint density at radius 2 is 0.420 bits per heavy atom. The summed E-state index contributed by atoms with van der Waals surface area (Å²) in [7, 11) is 0. The van der Waals surface area contributed by atoms with E-state index in [1.807, 2.05) is 97.1 Å². The van der Waals surface area contributed by atoms with Gasteiger partial charge in [0.05, 0.1) is 46.5 Å². The summed E-state index contributed by atoms with van der Waals surface area (Å²) < 4.78 is 0. The standard InChI is InChI=1S/C46H34N4/c1-27-41(37-15-7-33(23-47)8-16-37)29(3)45(30(4)42(27)38-17-9-34(24-48)10-18-38)46-31(5)43(39-19-11-35(25-49)12-20-39)28(2)44(32(46)6)40-21-13-36(26-50)14-22-40/h7-22H,1-6H3. The van der Waals surface area contributed by atoms with Crippen molar-refractivity contribution in [3.63, 3.8) is 0 Å². The fourth-order valence-corrected chi connectivity index (χ4v) is 7.77. The van der Waals surface area contributed by atoms with Gasteiger partial charge in [-0.25, -0.2) is 0 Å². The molecule has 0 aliphatic carbocycles. The first-order valence-corrected chi connectivity index (χ1v) is 16.4. The van der Waals surface area contributed by atoms with Crippen LogP contribution in [0.1, 0.15) is 55.6 Å². The van der Waals surface area contributed by atoms with Crippen LogP contribution in [0.25, 0.3) is 55.6 Å². The third-order valence-electron chi connectivity index (χ3n) is 9.96. The summed E-state index contributed by atoms with van der Waals surface area (Å²) in [6, 6.07) is 40.1. The predicted octanol–water partition coefficient (Wildman–Crippen LogP) is 11.4. The van der Waals surface area contributed by atoms with E-state index < -0.39 is 0 Å². The van der Waals surface area contributed by atoms with Crippen molar-refractivity contribution < 1.29 is 0 Å². The highest BCUT2D eigenvalue weighted by Crippen LogP contribution is 2.49. The summed E-state index contributed by atoms with van der Waals surface area (Å²) in [6.45, 7) is 13.1. The van der Waals surface area contributed by atoms with Crippen molar-refractivity contribution in [1.29, 1.82) is 21.0 Å². The minimum Gasteiger partial charge on any atom is -0.192 e. The van der Waals surface area contributed by atoms with E-state index >= 15 is 0 Å². The lowest BCUT2D eigenvalue weighted by molar-refractivity contribution is 1.27. The molecule has 4 nitrogen and oxygen atoms in total. The molecule has 6 aromatic rings. The predicted molar refractivity (Wildman–Crippen MR) is 201 cm³/mol. The number of hydrogen-bond acceptors (Lipinski definition) is 4. The molecule has 0 unspecified atom stereocenters. The van der Waals surface area contributed by atoms with Gasteiger partial charge in [0.1, 0.15) is 0 Å². The van der Waals surface area contributed by atoms with E-state index in [1.165, 1.54) is 0 Å². The van der Waals surface area contributed by atoms with Gasteiger partial charge in [-0.1, -0.05) is 48.5 Å². The highest BCUT2D eigenvalue weighted by molar-refractivity contribution is 5.98. The Hall–Kier alpha value is -6.72. The third-order valence-corrected chi connectivity index (χ3v) is 9.96. The van der Waals surface area contributed by atoms with Gasteiger partial charge < -0.3 is 0 Å². The van der Waals surface area contributed by atoms with Gasteiger partial charge in [0.15, 0.2) is 0 Å². The lowest BCUT2D eigenvalue weighted by Gasteiger charge is -2.28. The van der Waals surface area contributed by atoms with E-state index in [4.69, 9.17) is 0 Å². The second-order valence-electron chi connectivity index (χ2n) is 12.8. The Kier molecular flexibility index (Phi) is 8.91. The summed E-state index contributed by atoms with van der Waals surface area (Å²) in [4.78, 5) is 0. The number of benzene rings is 6. The maximum Gasteiger partial charge on any atom is 0.0991 e. The molecule has 0 fully saturated rings. The van der Waals surface area contributed by atoms with Crippen molar-refractivity contribution in [2.24, 2.45) is 0 Å². The van der Waals surface area contributed by atoms with Crippen molar-refractivity contribution >= 4 is 0 Å². The first kappa shape index (κ1) is 33.2. The third kappa shape index (κ3) is 5.61. The van der Waals surface area contributed by atoms with Crippen molar-refractivity contribution in [3.8, 4) is 79.9 Å². The monoisotopic (exact) mass is 642 g/mol. The second kappa shape index (κ2) is 13.4. The van der Waals surface area contributed by atoms with E-state index in [9.17, 15) is 21.0 Å². The topological polar surface area (TPSA) is 95.2 Å². The zero-order chi connectivity index (χ0) is 35.7. The van der Waals surface area contributed by atoms with Crippen LogP contribution in [0.3, 0.4) is 0 Å². The van der Waals surface area contributed by atoms with Crippen LogP contribution in [0.4, 0.5) is 0 Å². The van der Waals surface area contributed by atoms with Crippen LogP contribution in [0.2, 0.25) is 0 Å². The Labute approximate surface area is 294 Å². The van der Waals surface area contributed by atoms with Crippen LogP contribution in [0.15, 0.2) is 97.1 Å². The molecule has 0 heterocycles. The minimum absolute atomic E-state index is 0.605. The van der Waals surface area contributed by atoms with E-state index in [-0.39, 0.29) is 0 Å². The fourth-order valence-electron chi connectivity index (χ4n) is 7.77. The normalized spacial score (nSPS) is 10.5. The molecule has 0 radical (unpaired) electrons. The van der Waals surface area contributed by atoms with Crippen molar-refractivity contribution in [2.75, 3.05) is 0 Å². The van der Waals surface area contributed by atoms with Crippen LogP contribution in [-0.4, -0.2) is 0 Å². The Bertz CT molecular complexity index is 2120. The van der Waals surface area contributed by atoms with Crippen LogP contribution >= 0.6 is 0 Å². The van der Waals surface area contributed by atoms with Crippen LogP contribution in [-0.2, 0) is 0 Å². The van der Waals surface area contributed by atoms with Crippen LogP contribution in [0, 0.1) is 86.9 Å². The summed E-state index contributed by atoms with van der Waals surface area (Å²) >= 11 is 0. The fraction of sp³-hybridized carbons (Fsp3) is 0.130. The highest BCUT2D eigenvalue weighted by atomic mass is 14.3. The van der Waals surface area contributed by atoms with Crippen molar-refractivity contribution in [3.05, 3.63) is 153 Å². The second-order valence-corrected chi connectivity index (χ2v) is 12.8. The van der Waals surface area contributed by atoms with E-state index in [2.05, 4.69) is 65.8 Å². The molecule has 4 heteroatoms. The maximum absolute atomic E-state index is 9.55. The molecule has 50 heavy (non-hydrogen) atoms. The molecule has 0 N–H and O–H groups in total. The molecule has 0 aromatic heterocycles. The molecule has 6 aromatic carbocycles. The van der Waals surface area contributed by atoms with Gasteiger partial charge in [-0.2, -0.15) is 21.0 Å². The number of nitriles is 4. The molecule has 0 atom stereocenters. The molecule has 6 rings (SSSR count). The zero-order valence-electron chi connectivity index (χ0n) is 29.0. The van der Waals surface area contributed by atoms with E-state index in [0.29, 0.717) is 22.3 Å². The van der Waals surface area contributed by atoms with E-state index in [1.54, 1.807) is 0 Å². The van der Waals surface area contributed by atoms with Gasteiger partial charge in [-0.05, 0) is 179 Å². The minimum atomic E-state index is 0.605. The van der Waals surface area contributed by atoms with Gasteiger partial charge in [-0.3, -0.25) is 0 Å². The lowest BCUT2D eigenvalue weighted by Crippen LogP contribution is -2.06. The summed E-state index contributed by atoms with van der Waals surface area (Å²) in [5.41, 5.74) is 20.0. The largest absolute Gasteiger partial charge is 0.192 e. The van der Waals surface area contributed by atoms with Gasteiger partial charge in [0.25, 0.3) is 0 Å². The van der Waals surface area contributed by atoms with Gasteiger partial charge >= 0.3 is 0 Å². The molecule has 0 saturated carbocycles. The molecule has 0 spiro atoms. The van der Waals surface area contributed by atoms with Crippen molar-refractivity contribution in [2.45, 2.75) is 41.5 Å². The van der Waals surface area contributed by atoms with Crippen LogP contribution < -0.4 is 0 Å².